The molecule has 2 saturated carbocycles. The molecule has 2 aliphatic rings. The van der Waals surface area contributed by atoms with Gasteiger partial charge in [0.2, 0.25) is 0 Å². The minimum Gasteiger partial charge on any atom is -0.445 e. The van der Waals surface area contributed by atoms with Gasteiger partial charge in [0.25, 0.3) is 0 Å². The van der Waals surface area contributed by atoms with Crippen molar-refractivity contribution >= 4 is 0 Å². The van der Waals surface area contributed by atoms with Crippen molar-refractivity contribution in [1.29, 1.82) is 0 Å². The van der Waals surface area contributed by atoms with E-state index in [4.69, 9.17) is 4.42 Å². The van der Waals surface area contributed by atoms with Gasteiger partial charge < -0.3 is 9.73 Å². The maximum absolute atomic E-state index is 6.01. The molecule has 0 bridgehead atoms. The number of rotatable bonds is 5. The van der Waals surface area contributed by atoms with Crippen LogP contribution in [0.3, 0.4) is 0 Å². The molecule has 20 heavy (non-hydrogen) atoms. The van der Waals surface area contributed by atoms with E-state index in [1.54, 1.807) is 0 Å². The SMILES string of the molecule is CNCCCc1ncc(C2CCC3CCCCC3C2)o1. The van der Waals surface area contributed by atoms with Crippen LogP contribution in [0.25, 0.3) is 0 Å². The van der Waals surface area contributed by atoms with Crippen molar-refractivity contribution in [2.24, 2.45) is 11.8 Å². The van der Waals surface area contributed by atoms with Crippen molar-refractivity contribution in [3.05, 3.63) is 17.8 Å². The van der Waals surface area contributed by atoms with Gasteiger partial charge in [-0.15, -0.1) is 0 Å². The summed E-state index contributed by atoms with van der Waals surface area (Å²) < 4.78 is 6.01. The largest absolute Gasteiger partial charge is 0.445 e. The van der Waals surface area contributed by atoms with E-state index in [1.807, 2.05) is 13.2 Å². The minimum absolute atomic E-state index is 0.639. The molecule has 0 radical (unpaired) electrons. The Hall–Kier alpha value is -0.830. The Morgan fingerprint density at radius 3 is 2.90 bits per heavy atom. The van der Waals surface area contributed by atoms with Crippen LogP contribution in [0, 0.1) is 11.8 Å². The second-order valence-electron chi connectivity index (χ2n) is 6.68. The average Bonchev–Trinajstić information content (AvgIpc) is 2.96. The highest BCUT2D eigenvalue weighted by Crippen LogP contribution is 2.46. The highest BCUT2D eigenvalue weighted by Gasteiger charge is 2.34. The van der Waals surface area contributed by atoms with Crippen molar-refractivity contribution < 1.29 is 4.42 Å². The molecule has 0 saturated heterocycles. The number of nitrogens with one attached hydrogen (secondary N) is 1. The third kappa shape index (κ3) is 3.25. The van der Waals surface area contributed by atoms with Crippen molar-refractivity contribution in [1.82, 2.24) is 10.3 Å². The fraction of sp³-hybridized carbons (Fsp3) is 0.824. The molecule has 1 aromatic heterocycles. The molecule has 3 rings (SSSR count). The molecule has 1 aromatic rings. The van der Waals surface area contributed by atoms with E-state index in [0.717, 1.165) is 42.9 Å². The van der Waals surface area contributed by atoms with E-state index >= 15 is 0 Å². The molecule has 1 heterocycles. The van der Waals surface area contributed by atoms with Gasteiger partial charge in [-0.2, -0.15) is 0 Å². The maximum Gasteiger partial charge on any atom is 0.194 e. The number of fused-ring (bicyclic) bond motifs is 1. The third-order valence-corrected chi connectivity index (χ3v) is 5.33. The highest BCUT2D eigenvalue weighted by atomic mass is 16.4. The van der Waals surface area contributed by atoms with E-state index in [1.165, 1.54) is 44.9 Å². The van der Waals surface area contributed by atoms with Crippen LogP contribution in [-0.2, 0) is 6.42 Å². The van der Waals surface area contributed by atoms with Crippen LogP contribution in [0.5, 0.6) is 0 Å². The Balaban J connectivity index is 1.56. The Morgan fingerprint density at radius 2 is 2.05 bits per heavy atom. The van der Waals surface area contributed by atoms with Crippen LogP contribution in [0.4, 0.5) is 0 Å². The summed E-state index contributed by atoms with van der Waals surface area (Å²) in [5.74, 6) is 4.70. The van der Waals surface area contributed by atoms with E-state index in [9.17, 15) is 0 Å². The van der Waals surface area contributed by atoms with Gasteiger partial charge in [0, 0.05) is 12.3 Å². The Kier molecular flexibility index (Phi) is 4.77. The number of hydrogen-bond acceptors (Lipinski definition) is 3. The molecule has 112 valence electrons. The molecule has 2 fully saturated rings. The lowest BCUT2D eigenvalue weighted by molar-refractivity contribution is 0.147. The first-order valence-corrected chi connectivity index (χ1v) is 8.46. The molecule has 0 aromatic carbocycles. The second-order valence-corrected chi connectivity index (χ2v) is 6.68. The summed E-state index contributed by atoms with van der Waals surface area (Å²) in [5.41, 5.74) is 0. The van der Waals surface area contributed by atoms with E-state index < -0.39 is 0 Å². The lowest BCUT2D eigenvalue weighted by Gasteiger charge is -2.38. The smallest absolute Gasteiger partial charge is 0.194 e. The second kappa shape index (κ2) is 6.75. The molecular formula is C17H28N2O. The molecule has 2 aliphatic carbocycles. The molecule has 0 amide bonds. The summed E-state index contributed by atoms with van der Waals surface area (Å²) in [6.07, 6.45) is 14.0. The van der Waals surface area contributed by atoms with Gasteiger partial charge in [-0.1, -0.05) is 25.7 Å². The fourth-order valence-corrected chi connectivity index (χ4v) is 4.18. The topological polar surface area (TPSA) is 38.1 Å². The lowest BCUT2D eigenvalue weighted by atomic mass is 9.67. The molecule has 0 spiro atoms. The predicted octanol–water partition coefficient (Wildman–Crippen LogP) is 3.90. The number of oxazole rings is 1. The van der Waals surface area contributed by atoms with Crippen molar-refractivity contribution in [3.8, 4) is 0 Å². The van der Waals surface area contributed by atoms with Crippen LogP contribution in [0.15, 0.2) is 10.6 Å². The Labute approximate surface area is 122 Å². The average molecular weight is 276 g/mol. The van der Waals surface area contributed by atoms with E-state index in [-0.39, 0.29) is 0 Å². The lowest BCUT2D eigenvalue weighted by Crippen LogP contribution is -2.26. The summed E-state index contributed by atoms with van der Waals surface area (Å²) in [5, 5.41) is 3.17. The third-order valence-electron chi connectivity index (χ3n) is 5.33. The first kappa shape index (κ1) is 14.1. The zero-order chi connectivity index (χ0) is 13.8. The van der Waals surface area contributed by atoms with E-state index in [0.29, 0.717) is 5.92 Å². The minimum atomic E-state index is 0.639. The monoisotopic (exact) mass is 276 g/mol. The molecule has 3 unspecified atom stereocenters. The maximum atomic E-state index is 6.01. The number of aromatic nitrogens is 1. The molecule has 0 aliphatic heterocycles. The van der Waals surface area contributed by atoms with Crippen molar-refractivity contribution in [2.75, 3.05) is 13.6 Å². The van der Waals surface area contributed by atoms with Crippen LogP contribution in [-0.4, -0.2) is 18.6 Å². The fourth-order valence-electron chi connectivity index (χ4n) is 4.18. The summed E-state index contributed by atoms with van der Waals surface area (Å²) in [6, 6.07) is 0. The Morgan fingerprint density at radius 1 is 1.20 bits per heavy atom. The van der Waals surface area contributed by atoms with Gasteiger partial charge in [0.05, 0.1) is 6.20 Å². The molecular weight excluding hydrogens is 248 g/mol. The zero-order valence-electron chi connectivity index (χ0n) is 12.7. The van der Waals surface area contributed by atoms with Gasteiger partial charge in [-0.3, -0.25) is 0 Å². The first-order chi connectivity index (χ1) is 9.86. The van der Waals surface area contributed by atoms with Crippen LogP contribution >= 0.6 is 0 Å². The summed E-state index contributed by atoms with van der Waals surface area (Å²) in [6.45, 7) is 1.03. The molecule has 3 atom stereocenters. The predicted molar refractivity (Wildman–Crippen MR) is 80.8 cm³/mol. The number of nitrogens with zero attached hydrogens (tertiary/aromatic N) is 1. The Bertz CT molecular complexity index is 415. The van der Waals surface area contributed by atoms with Gasteiger partial charge in [-0.05, 0) is 51.1 Å². The molecule has 1 N–H and O–H groups in total. The van der Waals surface area contributed by atoms with E-state index in [2.05, 4.69) is 10.3 Å². The van der Waals surface area contributed by atoms with Gasteiger partial charge in [0.15, 0.2) is 5.89 Å². The normalized spacial score (nSPS) is 30.1. The van der Waals surface area contributed by atoms with Crippen molar-refractivity contribution in [2.45, 2.75) is 63.7 Å². The zero-order valence-corrected chi connectivity index (χ0v) is 12.7. The first-order valence-electron chi connectivity index (χ1n) is 8.46. The van der Waals surface area contributed by atoms with Crippen LogP contribution < -0.4 is 5.32 Å². The highest BCUT2D eigenvalue weighted by molar-refractivity contribution is 5.05. The molecule has 3 heteroatoms. The quantitative estimate of drug-likeness (QED) is 0.829. The van der Waals surface area contributed by atoms with Crippen molar-refractivity contribution in [3.63, 3.8) is 0 Å². The number of aryl methyl sites for hydroxylation is 1. The summed E-state index contributed by atoms with van der Waals surface area (Å²) in [7, 11) is 1.99. The number of hydrogen-bond donors (Lipinski definition) is 1. The standard InChI is InChI=1S/C17H28N2O/c1-18-10-4-7-17-19-12-16(20-17)15-9-8-13-5-2-3-6-14(13)11-15/h12-15,18H,2-11H2,1H3. The van der Waals surface area contributed by atoms with Crippen LogP contribution in [0.1, 0.15) is 68.9 Å². The van der Waals surface area contributed by atoms with Gasteiger partial charge >= 0.3 is 0 Å². The van der Waals surface area contributed by atoms with Gasteiger partial charge in [-0.25, -0.2) is 4.98 Å². The summed E-state index contributed by atoms with van der Waals surface area (Å²) in [4.78, 5) is 4.47. The molecule has 3 nitrogen and oxygen atoms in total. The van der Waals surface area contributed by atoms with Gasteiger partial charge in [0.1, 0.15) is 5.76 Å². The van der Waals surface area contributed by atoms with Crippen LogP contribution in [0.2, 0.25) is 0 Å². The summed E-state index contributed by atoms with van der Waals surface area (Å²) >= 11 is 0.